The van der Waals surface area contributed by atoms with Gasteiger partial charge in [-0.05, 0) is 41.9 Å². The summed E-state index contributed by atoms with van der Waals surface area (Å²) in [5, 5.41) is 4.12. The molecular weight excluding hydrogens is 406 g/mol. The molecule has 2 aromatic heterocycles. The van der Waals surface area contributed by atoms with E-state index < -0.39 is 0 Å². The molecule has 7 heteroatoms. The number of pyridine rings is 1. The maximum Gasteiger partial charge on any atom is 0.241 e. The topological polar surface area (TPSA) is 58.3 Å². The van der Waals surface area contributed by atoms with E-state index in [-0.39, 0.29) is 0 Å². The normalized spacial score (nSPS) is 15.3. The first-order chi connectivity index (χ1) is 13.1. The summed E-state index contributed by atoms with van der Waals surface area (Å²) in [6, 6.07) is 12.3. The van der Waals surface area contributed by atoms with Crippen molar-refractivity contribution in [2.75, 3.05) is 31.1 Å². The smallest absolute Gasteiger partial charge is 0.241 e. The zero-order valence-electron chi connectivity index (χ0n) is 15.5. The van der Waals surface area contributed by atoms with Crippen molar-refractivity contribution in [3.8, 4) is 11.4 Å². The van der Waals surface area contributed by atoms with Crippen LogP contribution in [-0.2, 0) is 6.54 Å². The molecule has 6 nitrogen and oxygen atoms in total. The Morgan fingerprint density at radius 3 is 2.41 bits per heavy atom. The van der Waals surface area contributed by atoms with Gasteiger partial charge >= 0.3 is 0 Å². The van der Waals surface area contributed by atoms with Gasteiger partial charge in [0, 0.05) is 36.2 Å². The number of aryl methyl sites for hydroxylation is 2. The van der Waals surface area contributed by atoms with Gasteiger partial charge in [-0.3, -0.25) is 4.90 Å². The van der Waals surface area contributed by atoms with E-state index >= 15 is 0 Å². The SMILES string of the molecule is Cc1ccc(-c2noc(CN3CCN(c4ccc(Br)c(C)n4)CC3)n2)cc1. The zero-order valence-corrected chi connectivity index (χ0v) is 17.1. The predicted octanol–water partition coefficient (Wildman–Crippen LogP) is 3.83. The molecule has 0 radical (unpaired) electrons. The van der Waals surface area contributed by atoms with Crippen LogP contribution < -0.4 is 4.90 Å². The molecule has 3 heterocycles. The van der Waals surface area contributed by atoms with Crippen LogP contribution in [0.5, 0.6) is 0 Å². The molecule has 3 aromatic rings. The van der Waals surface area contributed by atoms with Crippen LogP contribution in [0.15, 0.2) is 45.4 Å². The second kappa shape index (κ2) is 7.78. The Morgan fingerprint density at radius 1 is 0.963 bits per heavy atom. The summed E-state index contributed by atoms with van der Waals surface area (Å²) in [6.45, 7) is 8.53. The van der Waals surface area contributed by atoms with Gasteiger partial charge in [0.1, 0.15) is 5.82 Å². The van der Waals surface area contributed by atoms with Crippen molar-refractivity contribution in [2.24, 2.45) is 0 Å². The Morgan fingerprint density at radius 2 is 1.70 bits per heavy atom. The molecule has 0 amide bonds. The molecular formula is C20H22BrN5O. The lowest BCUT2D eigenvalue weighted by molar-refractivity contribution is 0.215. The van der Waals surface area contributed by atoms with Crippen molar-refractivity contribution in [3.63, 3.8) is 0 Å². The van der Waals surface area contributed by atoms with Crippen LogP contribution >= 0.6 is 15.9 Å². The average molecular weight is 428 g/mol. The highest BCUT2D eigenvalue weighted by atomic mass is 79.9. The monoisotopic (exact) mass is 427 g/mol. The van der Waals surface area contributed by atoms with Gasteiger partial charge in [-0.25, -0.2) is 4.98 Å². The molecule has 4 rings (SSSR count). The van der Waals surface area contributed by atoms with Crippen LogP contribution in [0.3, 0.4) is 0 Å². The van der Waals surface area contributed by atoms with E-state index in [4.69, 9.17) is 4.52 Å². The lowest BCUT2D eigenvalue weighted by Gasteiger charge is -2.34. The van der Waals surface area contributed by atoms with Crippen molar-refractivity contribution in [1.29, 1.82) is 0 Å². The largest absolute Gasteiger partial charge is 0.354 e. The fraction of sp³-hybridized carbons (Fsp3) is 0.350. The third-order valence-corrected chi connectivity index (χ3v) is 5.68. The summed E-state index contributed by atoms with van der Waals surface area (Å²) in [5.74, 6) is 2.35. The lowest BCUT2D eigenvalue weighted by Crippen LogP contribution is -2.46. The van der Waals surface area contributed by atoms with E-state index in [0.717, 1.165) is 47.7 Å². The molecule has 1 aromatic carbocycles. The van der Waals surface area contributed by atoms with Gasteiger partial charge < -0.3 is 9.42 Å². The summed E-state index contributed by atoms with van der Waals surface area (Å²) in [5.41, 5.74) is 3.22. The van der Waals surface area contributed by atoms with Crippen molar-refractivity contribution >= 4 is 21.7 Å². The van der Waals surface area contributed by atoms with Gasteiger partial charge in [-0.15, -0.1) is 0 Å². The molecule has 0 unspecified atom stereocenters. The first-order valence-corrected chi connectivity index (χ1v) is 9.88. The Bertz CT molecular complexity index is 916. The van der Waals surface area contributed by atoms with Crippen LogP contribution in [0.2, 0.25) is 0 Å². The van der Waals surface area contributed by atoms with Gasteiger partial charge in [0.15, 0.2) is 0 Å². The van der Waals surface area contributed by atoms with E-state index in [9.17, 15) is 0 Å². The van der Waals surface area contributed by atoms with E-state index in [1.165, 1.54) is 5.56 Å². The molecule has 0 bridgehead atoms. The molecule has 1 fully saturated rings. The number of hydrogen-bond donors (Lipinski definition) is 0. The van der Waals surface area contributed by atoms with E-state index in [2.05, 4.69) is 72.0 Å². The van der Waals surface area contributed by atoms with Gasteiger partial charge in [-0.1, -0.05) is 35.0 Å². The summed E-state index contributed by atoms with van der Waals surface area (Å²) in [7, 11) is 0. The third-order valence-electron chi connectivity index (χ3n) is 4.84. The second-order valence-electron chi connectivity index (χ2n) is 6.88. The molecule has 1 aliphatic heterocycles. The molecule has 0 aliphatic carbocycles. The lowest BCUT2D eigenvalue weighted by atomic mass is 10.1. The highest BCUT2D eigenvalue weighted by Crippen LogP contribution is 2.21. The van der Waals surface area contributed by atoms with Crippen molar-refractivity contribution in [1.82, 2.24) is 20.0 Å². The van der Waals surface area contributed by atoms with E-state index in [1.54, 1.807) is 0 Å². The summed E-state index contributed by atoms with van der Waals surface area (Å²) in [4.78, 5) is 13.9. The van der Waals surface area contributed by atoms with Gasteiger partial charge in [0.2, 0.25) is 11.7 Å². The minimum atomic E-state index is 0.651. The molecule has 27 heavy (non-hydrogen) atoms. The number of aromatic nitrogens is 3. The number of nitrogens with zero attached hydrogens (tertiary/aromatic N) is 5. The highest BCUT2D eigenvalue weighted by molar-refractivity contribution is 9.10. The maximum atomic E-state index is 5.46. The first-order valence-electron chi connectivity index (χ1n) is 9.08. The van der Waals surface area contributed by atoms with Crippen LogP contribution in [0.4, 0.5) is 5.82 Å². The minimum absolute atomic E-state index is 0.651. The Kier molecular flexibility index (Phi) is 5.22. The molecule has 0 saturated carbocycles. The number of benzene rings is 1. The average Bonchev–Trinajstić information content (AvgIpc) is 3.14. The standard InChI is InChI=1S/C20H22BrN5O/c1-14-3-5-16(6-4-14)20-23-19(27-24-20)13-25-9-11-26(12-10-25)18-8-7-17(21)15(2)22-18/h3-8H,9-13H2,1-2H3. The number of piperazine rings is 1. The predicted molar refractivity (Wildman–Crippen MR) is 109 cm³/mol. The van der Waals surface area contributed by atoms with Crippen molar-refractivity contribution in [3.05, 3.63) is 58.0 Å². The Labute approximate surface area is 167 Å². The fourth-order valence-electron chi connectivity index (χ4n) is 3.17. The molecule has 140 valence electrons. The molecule has 1 saturated heterocycles. The van der Waals surface area contributed by atoms with Crippen molar-refractivity contribution in [2.45, 2.75) is 20.4 Å². The van der Waals surface area contributed by atoms with Crippen LogP contribution in [0.1, 0.15) is 17.1 Å². The first kappa shape index (κ1) is 18.1. The Hall–Kier alpha value is -2.25. The van der Waals surface area contributed by atoms with Crippen molar-refractivity contribution < 1.29 is 4.52 Å². The number of hydrogen-bond acceptors (Lipinski definition) is 6. The van der Waals surface area contributed by atoms with E-state index in [0.29, 0.717) is 18.3 Å². The van der Waals surface area contributed by atoms with Gasteiger partial charge in [0.25, 0.3) is 0 Å². The van der Waals surface area contributed by atoms with Gasteiger partial charge in [0.05, 0.1) is 12.2 Å². The number of anilines is 1. The summed E-state index contributed by atoms with van der Waals surface area (Å²) in [6.07, 6.45) is 0. The third kappa shape index (κ3) is 4.20. The molecule has 0 spiro atoms. The summed E-state index contributed by atoms with van der Waals surface area (Å²) >= 11 is 3.51. The highest BCUT2D eigenvalue weighted by Gasteiger charge is 2.20. The maximum absolute atomic E-state index is 5.46. The quantitative estimate of drug-likeness (QED) is 0.630. The van der Waals surface area contributed by atoms with E-state index in [1.807, 2.05) is 19.1 Å². The molecule has 0 N–H and O–H groups in total. The second-order valence-corrected chi connectivity index (χ2v) is 7.73. The van der Waals surface area contributed by atoms with Crippen LogP contribution in [0.25, 0.3) is 11.4 Å². The number of halogens is 1. The molecule has 1 aliphatic rings. The van der Waals surface area contributed by atoms with Gasteiger partial charge in [-0.2, -0.15) is 4.98 Å². The van der Waals surface area contributed by atoms with Crippen LogP contribution in [0, 0.1) is 13.8 Å². The number of rotatable bonds is 4. The summed E-state index contributed by atoms with van der Waals surface area (Å²) < 4.78 is 6.51. The van der Waals surface area contributed by atoms with Crippen LogP contribution in [-0.4, -0.2) is 46.2 Å². The fourth-order valence-corrected chi connectivity index (χ4v) is 3.39. The minimum Gasteiger partial charge on any atom is -0.354 e. The molecule has 0 atom stereocenters. The Balaban J connectivity index is 1.35. The zero-order chi connectivity index (χ0) is 18.8.